The Bertz CT molecular complexity index is 33.2. The lowest BCUT2D eigenvalue weighted by Crippen LogP contribution is -1.61. The van der Waals surface area contributed by atoms with Crippen LogP contribution in [0.3, 0.4) is 0 Å². The third-order valence-corrected chi connectivity index (χ3v) is 0.762. The average molecular weight is 101 g/mol. The summed E-state index contributed by atoms with van der Waals surface area (Å²) in [5, 5.41) is 0. The molecular formula is C6H15N. The highest BCUT2D eigenvalue weighted by Crippen LogP contribution is 1.91. The van der Waals surface area contributed by atoms with Gasteiger partial charge in [-0.05, 0) is 6.42 Å². The molecule has 0 saturated carbocycles. The maximum atomic E-state index is 3.60. The molecule has 1 heteroatoms. The summed E-state index contributed by atoms with van der Waals surface area (Å²) in [6, 6.07) is 0. The first-order valence-corrected chi connectivity index (χ1v) is 2.52. The van der Waals surface area contributed by atoms with Crippen molar-refractivity contribution in [3.8, 4) is 0 Å². The van der Waals surface area contributed by atoms with Crippen LogP contribution >= 0.6 is 0 Å². The Morgan fingerprint density at radius 1 is 1.57 bits per heavy atom. The van der Waals surface area contributed by atoms with Crippen LogP contribution in [0.5, 0.6) is 0 Å². The molecule has 0 radical (unpaired) electrons. The zero-order valence-electron chi connectivity index (χ0n) is 5.11. The molecule has 0 unspecified atom stereocenters. The molecule has 0 bridgehead atoms. The largest absolute Gasteiger partial charge is 0.344 e. The summed E-state index contributed by atoms with van der Waals surface area (Å²) >= 11 is 0. The van der Waals surface area contributed by atoms with Crippen LogP contribution < -0.4 is 6.15 Å². The highest BCUT2D eigenvalue weighted by Gasteiger charge is 1.71. The van der Waals surface area contributed by atoms with Crippen molar-refractivity contribution in [1.82, 2.24) is 6.15 Å². The fourth-order valence-electron chi connectivity index (χ4n) is 0.348. The predicted molar refractivity (Wildman–Crippen MR) is 34.7 cm³/mol. The highest BCUT2D eigenvalue weighted by atomic mass is 14.0. The van der Waals surface area contributed by atoms with Gasteiger partial charge in [-0.15, -0.1) is 6.58 Å². The minimum absolute atomic E-state index is 0. The summed E-state index contributed by atoms with van der Waals surface area (Å²) in [6.07, 6.45) is 5.72. The van der Waals surface area contributed by atoms with Crippen LogP contribution in [0.15, 0.2) is 12.7 Å². The fraction of sp³-hybridized carbons (Fsp3) is 0.667. The standard InChI is InChI=1S/C6H12.H3N/c1-3-5-6-4-2;/h3H,1,4-6H2,2H3;1H3. The molecule has 0 fully saturated rings. The van der Waals surface area contributed by atoms with Crippen LogP contribution in [0.25, 0.3) is 0 Å². The Kier molecular flexibility index (Phi) is 12.9. The maximum Gasteiger partial charge on any atom is -0.0354 e. The van der Waals surface area contributed by atoms with Crippen LogP contribution in [0.4, 0.5) is 0 Å². The summed E-state index contributed by atoms with van der Waals surface area (Å²) in [6.45, 7) is 5.78. The Hall–Kier alpha value is -0.300. The molecule has 0 aromatic heterocycles. The normalized spacial score (nSPS) is 7.00. The number of unbranched alkanes of at least 4 members (excludes halogenated alkanes) is 2. The molecule has 0 atom stereocenters. The molecular weight excluding hydrogens is 86.1 g/mol. The summed E-state index contributed by atoms with van der Waals surface area (Å²) < 4.78 is 0. The Labute approximate surface area is 46.0 Å². The molecule has 44 valence electrons. The van der Waals surface area contributed by atoms with Gasteiger partial charge in [-0.1, -0.05) is 25.8 Å². The molecule has 1 nitrogen and oxygen atoms in total. The minimum Gasteiger partial charge on any atom is -0.344 e. The van der Waals surface area contributed by atoms with Gasteiger partial charge in [0.05, 0.1) is 0 Å². The lowest BCUT2D eigenvalue weighted by Gasteiger charge is -1.81. The van der Waals surface area contributed by atoms with Gasteiger partial charge >= 0.3 is 0 Å². The average Bonchev–Trinajstić information content (AvgIpc) is 1.61. The summed E-state index contributed by atoms with van der Waals surface area (Å²) in [4.78, 5) is 0. The second kappa shape index (κ2) is 9.20. The molecule has 0 saturated heterocycles. The molecule has 0 spiro atoms. The van der Waals surface area contributed by atoms with E-state index in [0.717, 1.165) is 0 Å². The Morgan fingerprint density at radius 2 is 2.14 bits per heavy atom. The van der Waals surface area contributed by atoms with Gasteiger partial charge in [0.1, 0.15) is 0 Å². The van der Waals surface area contributed by atoms with Crippen molar-refractivity contribution in [1.29, 1.82) is 0 Å². The number of hydrogen-bond donors (Lipinski definition) is 1. The lowest BCUT2D eigenvalue weighted by atomic mass is 10.3. The first kappa shape index (κ1) is 9.85. The smallest absolute Gasteiger partial charge is 0.0354 e. The van der Waals surface area contributed by atoms with Crippen LogP contribution in [0.1, 0.15) is 26.2 Å². The molecule has 0 amide bonds. The highest BCUT2D eigenvalue weighted by molar-refractivity contribution is 4.64. The van der Waals surface area contributed by atoms with Crippen molar-refractivity contribution < 1.29 is 0 Å². The summed E-state index contributed by atoms with van der Waals surface area (Å²) in [7, 11) is 0. The monoisotopic (exact) mass is 101 g/mol. The molecule has 3 N–H and O–H groups in total. The fourth-order valence-corrected chi connectivity index (χ4v) is 0.348. The summed E-state index contributed by atoms with van der Waals surface area (Å²) in [5.41, 5.74) is 0. The van der Waals surface area contributed by atoms with Crippen LogP contribution in [0, 0.1) is 0 Å². The van der Waals surface area contributed by atoms with E-state index >= 15 is 0 Å². The molecule has 0 aromatic carbocycles. The van der Waals surface area contributed by atoms with Crippen LogP contribution in [-0.2, 0) is 0 Å². The molecule has 7 heavy (non-hydrogen) atoms. The molecule has 0 aliphatic rings. The van der Waals surface area contributed by atoms with E-state index in [0.29, 0.717) is 0 Å². The zero-order chi connectivity index (χ0) is 4.83. The lowest BCUT2D eigenvalue weighted by molar-refractivity contribution is 0.816. The van der Waals surface area contributed by atoms with E-state index in [1.807, 2.05) is 6.08 Å². The Morgan fingerprint density at radius 3 is 2.29 bits per heavy atom. The van der Waals surface area contributed by atoms with Crippen LogP contribution in [0.2, 0.25) is 0 Å². The SMILES string of the molecule is C=CCCCC.N. The zero-order valence-corrected chi connectivity index (χ0v) is 5.11. The maximum absolute atomic E-state index is 3.60. The predicted octanol–water partition coefficient (Wildman–Crippen LogP) is 2.52. The van der Waals surface area contributed by atoms with E-state index in [-0.39, 0.29) is 6.15 Å². The van der Waals surface area contributed by atoms with Crippen molar-refractivity contribution in [2.24, 2.45) is 0 Å². The van der Waals surface area contributed by atoms with Gasteiger partial charge in [0.2, 0.25) is 0 Å². The van der Waals surface area contributed by atoms with E-state index in [1.165, 1.54) is 19.3 Å². The van der Waals surface area contributed by atoms with Crippen molar-refractivity contribution in [3.63, 3.8) is 0 Å². The number of hydrogen-bond acceptors (Lipinski definition) is 1. The number of allylic oxidation sites excluding steroid dienone is 1. The van der Waals surface area contributed by atoms with Crippen molar-refractivity contribution in [3.05, 3.63) is 12.7 Å². The van der Waals surface area contributed by atoms with E-state index in [2.05, 4.69) is 13.5 Å². The van der Waals surface area contributed by atoms with Crippen LogP contribution in [-0.4, -0.2) is 0 Å². The molecule has 0 aliphatic carbocycles. The summed E-state index contributed by atoms with van der Waals surface area (Å²) in [5.74, 6) is 0. The van der Waals surface area contributed by atoms with E-state index < -0.39 is 0 Å². The third kappa shape index (κ3) is 10.7. The Balaban J connectivity index is 0. The van der Waals surface area contributed by atoms with Crippen molar-refractivity contribution >= 4 is 0 Å². The van der Waals surface area contributed by atoms with E-state index in [1.54, 1.807) is 0 Å². The van der Waals surface area contributed by atoms with Gasteiger partial charge in [0.25, 0.3) is 0 Å². The van der Waals surface area contributed by atoms with E-state index in [4.69, 9.17) is 0 Å². The quantitative estimate of drug-likeness (QED) is 0.430. The molecule has 0 aliphatic heterocycles. The van der Waals surface area contributed by atoms with Gasteiger partial charge in [0, 0.05) is 0 Å². The molecule has 0 heterocycles. The third-order valence-electron chi connectivity index (χ3n) is 0.762. The second-order valence-corrected chi connectivity index (χ2v) is 1.43. The topological polar surface area (TPSA) is 35.0 Å². The number of rotatable bonds is 3. The first-order valence-electron chi connectivity index (χ1n) is 2.52. The van der Waals surface area contributed by atoms with Gasteiger partial charge in [0.15, 0.2) is 0 Å². The molecule has 0 aromatic rings. The minimum atomic E-state index is 0. The van der Waals surface area contributed by atoms with Gasteiger partial charge in [-0.25, -0.2) is 0 Å². The van der Waals surface area contributed by atoms with Gasteiger partial charge in [-0.3, -0.25) is 0 Å². The van der Waals surface area contributed by atoms with E-state index in [9.17, 15) is 0 Å². The first-order chi connectivity index (χ1) is 2.91. The van der Waals surface area contributed by atoms with Crippen molar-refractivity contribution in [2.75, 3.05) is 0 Å². The molecule has 0 rings (SSSR count). The van der Waals surface area contributed by atoms with Gasteiger partial charge in [-0.2, -0.15) is 0 Å². The van der Waals surface area contributed by atoms with Gasteiger partial charge < -0.3 is 6.15 Å². The second-order valence-electron chi connectivity index (χ2n) is 1.43. The van der Waals surface area contributed by atoms with Crippen molar-refractivity contribution in [2.45, 2.75) is 26.2 Å².